The molecule has 0 fully saturated rings. The van der Waals surface area contributed by atoms with Crippen LogP contribution in [0.2, 0.25) is 0 Å². The quantitative estimate of drug-likeness (QED) is 0.552. The lowest BCUT2D eigenvalue weighted by Crippen LogP contribution is -2.27. The molecule has 13 heavy (non-hydrogen) atoms. The van der Waals surface area contributed by atoms with E-state index >= 15 is 0 Å². The Morgan fingerprint density at radius 1 is 1.85 bits per heavy atom. The van der Waals surface area contributed by atoms with Crippen molar-refractivity contribution in [1.29, 1.82) is 0 Å². The van der Waals surface area contributed by atoms with Crippen LogP contribution >= 0.6 is 30.8 Å². The van der Waals surface area contributed by atoms with Gasteiger partial charge in [0, 0.05) is 10.8 Å². The number of hydrogen-bond donors (Lipinski definition) is 0. The van der Waals surface area contributed by atoms with Crippen LogP contribution in [0.4, 0.5) is 0 Å². The fraction of sp³-hybridized carbons (Fsp3) is 0.714. The molecule has 0 spiro atoms. The van der Waals surface area contributed by atoms with E-state index in [9.17, 15) is 4.57 Å². The molecule has 0 N–H and O–H groups in total. The van der Waals surface area contributed by atoms with Crippen molar-refractivity contribution in [3.63, 3.8) is 0 Å². The second kappa shape index (κ2) is 3.92. The molecule has 0 aromatic carbocycles. The Hall–Kier alpha value is 0.470. The van der Waals surface area contributed by atoms with E-state index in [1.165, 1.54) is 5.82 Å². The van der Waals surface area contributed by atoms with Gasteiger partial charge in [0.05, 0.1) is 13.2 Å². The van der Waals surface area contributed by atoms with Crippen molar-refractivity contribution >= 4 is 30.8 Å². The minimum atomic E-state index is -3.13. The van der Waals surface area contributed by atoms with Gasteiger partial charge in [-0.25, -0.2) is 0 Å². The van der Waals surface area contributed by atoms with Gasteiger partial charge in [-0.05, 0) is 13.8 Å². The summed E-state index contributed by atoms with van der Waals surface area (Å²) in [5.41, 5.74) is 0. The molecule has 0 bridgehead atoms. The van der Waals surface area contributed by atoms with E-state index in [1.807, 2.05) is 0 Å². The molecule has 1 aliphatic rings. The van der Waals surface area contributed by atoms with Crippen molar-refractivity contribution in [1.82, 2.24) is 0 Å². The van der Waals surface area contributed by atoms with Gasteiger partial charge in [-0.15, -0.1) is 11.6 Å². The number of rotatable bonds is 2. The molecule has 2 unspecified atom stereocenters. The Labute approximate surface area is 87.5 Å². The molecule has 76 valence electrons. The molecular formula is C7H11Cl2O3P. The predicted molar refractivity (Wildman–Crippen MR) is 53.4 cm³/mol. The van der Waals surface area contributed by atoms with Gasteiger partial charge in [-0.3, -0.25) is 4.57 Å². The summed E-state index contributed by atoms with van der Waals surface area (Å²) in [6, 6.07) is 0. The summed E-state index contributed by atoms with van der Waals surface area (Å²) in [5.74, 6) is 1.27. The topological polar surface area (TPSA) is 35.5 Å². The Kier molecular flexibility index (Phi) is 3.48. The van der Waals surface area contributed by atoms with Crippen LogP contribution in [0.15, 0.2) is 10.8 Å². The maximum atomic E-state index is 11.7. The number of alkyl halides is 1. The van der Waals surface area contributed by atoms with Crippen LogP contribution in [0.1, 0.15) is 13.8 Å². The van der Waals surface area contributed by atoms with Crippen molar-refractivity contribution in [3.8, 4) is 0 Å². The van der Waals surface area contributed by atoms with Crippen LogP contribution in [0.3, 0.4) is 0 Å². The van der Waals surface area contributed by atoms with E-state index in [-0.39, 0.29) is 6.61 Å². The Morgan fingerprint density at radius 3 is 2.92 bits per heavy atom. The minimum Gasteiger partial charge on any atom is -0.306 e. The predicted octanol–water partition coefficient (Wildman–Crippen LogP) is 3.32. The third-order valence-corrected chi connectivity index (χ3v) is 4.36. The summed E-state index contributed by atoms with van der Waals surface area (Å²) in [4.78, 5) is -0.785. The van der Waals surface area contributed by atoms with Crippen molar-refractivity contribution in [2.75, 3.05) is 13.2 Å². The van der Waals surface area contributed by atoms with Gasteiger partial charge in [0.2, 0.25) is 0 Å². The molecule has 1 aliphatic heterocycles. The molecule has 1 rings (SSSR count). The van der Waals surface area contributed by atoms with Crippen molar-refractivity contribution in [2.45, 2.75) is 18.7 Å². The van der Waals surface area contributed by atoms with E-state index in [1.54, 1.807) is 13.8 Å². The van der Waals surface area contributed by atoms with Crippen molar-refractivity contribution in [2.24, 2.45) is 0 Å². The summed E-state index contributed by atoms with van der Waals surface area (Å²) in [6.07, 6.45) is 0. The Morgan fingerprint density at radius 2 is 2.46 bits per heavy atom. The average Bonchev–Trinajstić information content (AvgIpc) is 1.99. The van der Waals surface area contributed by atoms with E-state index < -0.39 is 12.5 Å². The van der Waals surface area contributed by atoms with Gasteiger partial charge in [-0.1, -0.05) is 11.6 Å². The van der Waals surface area contributed by atoms with Crippen molar-refractivity contribution < 1.29 is 13.6 Å². The SMILES string of the molecule is CCOP1(=O)C=C(Cl)C(C)(Cl)CO1. The lowest BCUT2D eigenvalue weighted by Gasteiger charge is -2.29. The standard InChI is InChI=1S/C7H11Cl2O3P/c1-3-11-13(10)4-6(8)7(2,9)5-12-13/h4H,3,5H2,1-2H3. The molecule has 0 aromatic heterocycles. The van der Waals surface area contributed by atoms with Crippen LogP contribution in [-0.2, 0) is 13.6 Å². The molecule has 0 aromatic rings. The van der Waals surface area contributed by atoms with Crippen LogP contribution in [0.5, 0.6) is 0 Å². The van der Waals surface area contributed by atoms with Crippen LogP contribution in [0.25, 0.3) is 0 Å². The maximum absolute atomic E-state index is 11.7. The Bertz CT molecular complexity index is 275. The van der Waals surface area contributed by atoms with E-state index in [2.05, 4.69) is 0 Å². The zero-order chi connectivity index (χ0) is 10.1. The first-order valence-corrected chi connectivity index (χ1v) is 6.23. The fourth-order valence-corrected chi connectivity index (χ4v) is 3.10. The second-order valence-corrected chi connectivity index (χ2v) is 6.00. The van der Waals surface area contributed by atoms with Crippen molar-refractivity contribution in [3.05, 3.63) is 10.8 Å². The molecule has 0 saturated heterocycles. The summed E-state index contributed by atoms with van der Waals surface area (Å²) < 4.78 is 21.6. The highest BCUT2D eigenvalue weighted by Crippen LogP contribution is 2.56. The maximum Gasteiger partial charge on any atom is 0.355 e. The second-order valence-electron chi connectivity index (χ2n) is 2.91. The van der Waals surface area contributed by atoms with E-state index in [0.717, 1.165) is 0 Å². The lowest BCUT2D eigenvalue weighted by molar-refractivity contribution is 0.205. The summed E-state index contributed by atoms with van der Waals surface area (Å²) in [6.45, 7) is 3.85. The van der Waals surface area contributed by atoms with Gasteiger partial charge in [0.15, 0.2) is 0 Å². The molecule has 0 aliphatic carbocycles. The van der Waals surface area contributed by atoms with Crippen LogP contribution in [0, 0.1) is 0 Å². The molecular weight excluding hydrogens is 234 g/mol. The van der Waals surface area contributed by atoms with E-state index in [4.69, 9.17) is 32.2 Å². The molecule has 0 saturated carbocycles. The molecule has 6 heteroatoms. The van der Waals surface area contributed by atoms with Gasteiger partial charge >= 0.3 is 7.60 Å². The first-order valence-electron chi connectivity index (χ1n) is 3.86. The monoisotopic (exact) mass is 244 g/mol. The summed E-state index contributed by atoms with van der Waals surface area (Å²) in [7, 11) is -3.13. The third kappa shape index (κ3) is 2.71. The van der Waals surface area contributed by atoms with Crippen LogP contribution in [-0.4, -0.2) is 18.1 Å². The highest BCUT2D eigenvalue weighted by molar-refractivity contribution is 7.57. The molecule has 1 heterocycles. The smallest absolute Gasteiger partial charge is 0.306 e. The minimum absolute atomic E-state index is 0.0984. The van der Waals surface area contributed by atoms with Gasteiger partial charge in [0.1, 0.15) is 4.87 Å². The lowest BCUT2D eigenvalue weighted by atomic mass is 10.2. The Balaban J connectivity index is 2.88. The molecule has 0 radical (unpaired) electrons. The highest BCUT2D eigenvalue weighted by atomic mass is 35.5. The third-order valence-electron chi connectivity index (χ3n) is 1.59. The average molecular weight is 245 g/mol. The molecule has 2 atom stereocenters. The number of halogens is 2. The largest absolute Gasteiger partial charge is 0.355 e. The van der Waals surface area contributed by atoms with Crippen LogP contribution < -0.4 is 0 Å². The zero-order valence-electron chi connectivity index (χ0n) is 7.42. The fourth-order valence-electron chi connectivity index (χ4n) is 0.845. The zero-order valence-corrected chi connectivity index (χ0v) is 9.83. The summed E-state index contributed by atoms with van der Waals surface area (Å²) in [5, 5.41) is 0.317. The van der Waals surface area contributed by atoms with Gasteiger partial charge < -0.3 is 9.05 Å². The van der Waals surface area contributed by atoms with E-state index in [0.29, 0.717) is 11.6 Å². The highest BCUT2D eigenvalue weighted by Gasteiger charge is 2.37. The molecule has 0 amide bonds. The normalized spacial score (nSPS) is 40.2. The first kappa shape index (κ1) is 11.5. The number of hydrogen-bond acceptors (Lipinski definition) is 3. The van der Waals surface area contributed by atoms with Gasteiger partial charge in [-0.2, -0.15) is 0 Å². The molecule has 3 nitrogen and oxygen atoms in total. The summed E-state index contributed by atoms with van der Waals surface area (Å²) >= 11 is 11.8. The van der Waals surface area contributed by atoms with Gasteiger partial charge in [0.25, 0.3) is 0 Å². The first-order chi connectivity index (χ1) is 5.90.